The van der Waals surface area contributed by atoms with Crippen molar-refractivity contribution in [1.29, 1.82) is 0 Å². The van der Waals surface area contributed by atoms with E-state index in [1.165, 1.54) is 17.7 Å². The fourth-order valence-corrected chi connectivity index (χ4v) is 2.64. The third-order valence-corrected chi connectivity index (χ3v) is 4.43. The molecule has 2 aromatic carbocycles. The van der Waals surface area contributed by atoms with Crippen molar-refractivity contribution in [2.45, 2.75) is 18.7 Å². The summed E-state index contributed by atoms with van der Waals surface area (Å²) >= 11 is 5.26. The molecule has 0 unspecified atom stereocenters. The molecule has 0 aliphatic carbocycles. The van der Waals surface area contributed by atoms with Crippen molar-refractivity contribution in [2.24, 2.45) is 5.14 Å². The monoisotopic (exact) mass is 335 g/mol. The van der Waals surface area contributed by atoms with Gasteiger partial charge in [0.15, 0.2) is 5.11 Å². The molecule has 0 spiro atoms. The molecule has 0 saturated heterocycles. The van der Waals surface area contributed by atoms with E-state index in [2.05, 4.69) is 10.6 Å². The first-order valence-corrected chi connectivity index (χ1v) is 8.50. The average molecular weight is 335 g/mol. The molecule has 2 aromatic rings. The number of hydrogen-bond donors (Lipinski definition) is 3. The quantitative estimate of drug-likeness (QED) is 0.751. The van der Waals surface area contributed by atoms with Gasteiger partial charge in [-0.2, -0.15) is 0 Å². The Morgan fingerprint density at radius 3 is 2.27 bits per heavy atom. The summed E-state index contributed by atoms with van der Waals surface area (Å²) in [5.74, 6) is 0. The zero-order valence-electron chi connectivity index (χ0n) is 12.3. The first-order chi connectivity index (χ1) is 10.3. The molecule has 0 aliphatic rings. The lowest BCUT2D eigenvalue weighted by atomic mass is 10.1. The maximum atomic E-state index is 11.2. The summed E-state index contributed by atoms with van der Waals surface area (Å²) in [6, 6.07) is 12.0. The Morgan fingerprint density at radius 1 is 1.05 bits per heavy atom. The van der Waals surface area contributed by atoms with Crippen LogP contribution in [0.4, 0.5) is 11.4 Å². The van der Waals surface area contributed by atoms with E-state index in [4.69, 9.17) is 17.4 Å². The summed E-state index contributed by atoms with van der Waals surface area (Å²) in [6.07, 6.45) is 0. The fraction of sp³-hybridized carbons (Fsp3) is 0.133. The second-order valence-corrected chi connectivity index (χ2v) is 6.87. The highest BCUT2D eigenvalue weighted by Crippen LogP contribution is 2.19. The van der Waals surface area contributed by atoms with Gasteiger partial charge >= 0.3 is 0 Å². The van der Waals surface area contributed by atoms with Crippen molar-refractivity contribution in [3.05, 3.63) is 53.6 Å². The second kappa shape index (κ2) is 6.43. The number of primary sulfonamides is 1. The number of benzene rings is 2. The molecule has 0 atom stereocenters. The molecule has 0 aliphatic heterocycles. The van der Waals surface area contributed by atoms with Crippen LogP contribution in [0.5, 0.6) is 0 Å². The average Bonchev–Trinajstić information content (AvgIpc) is 2.43. The minimum absolute atomic E-state index is 0.0615. The van der Waals surface area contributed by atoms with E-state index >= 15 is 0 Å². The highest BCUT2D eigenvalue weighted by atomic mass is 32.2. The molecule has 0 aromatic heterocycles. The number of hydrogen-bond acceptors (Lipinski definition) is 3. The van der Waals surface area contributed by atoms with E-state index in [1.54, 1.807) is 12.1 Å². The van der Waals surface area contributed by atoms with Gasteiger partial charge in [-0.3, -0.25) is 0 Å². The number of nitrogens with one attached hydrogen (secondary N) is 2. The van der Waals surface area contributed by atoms with Gasteiger partial charge in [0.2, 0.25) is 10.0 Å². The Balaban J connectivity index is 2.08. The van der Waals surface area contributed by atoms with E-state index in [-0.39, 0.29) is 4.90 Å². The summed E-state index contributed by atoms with van der Waals surface area (Å²) < 4.78 is 22.4. The number of sulfonamides is 1. The van der Waals surface area contributed by atoms with Crippen LogP contribution >= 0.6 is 12.2 Å². The molecule has 0 bridgehead atoms. The zero-order valence-corrected chi connectivity index (χ0v) is 13.9. The number of rotatable bonds is 3. The summed E-state index contributed by atoms with van der Waals surface area (Å²) in [5.41, 5.74) is 3.90. The molecule has 7 heteroatoms. The van der Waals surface area contributed by atoms with Crippen LogP contribution in [-0.2, 0) is 10.0 Å². The van der Waals surface area contributed by atoms with Crippen molar-refractivity contribution < 1.29 is 8.42 Å². The summed E-state index contributed by atoms with van der Waals surface area (Å²) in [5, 5.41) is 11.6. The van der Waals surface area contributed by atoms with Crippen LogP contribution < -0.4 is 15.8 Å². The molecule has 5 nitrogen and oxygen atoms in total. The van der Waals surface area contributed by atoms with Gasteiger partial charge in [0, 0.05) is 11.4 Å². The van der Waals surface area contributed by atoms with Gasteiger partial charge in [0.1, 0.15) is 0 Å². The molecule has 116 valence electrons. The molecular formula is C15H17N3O2S2. The van der Waals surface area contributed by atoms with Crippen molar-refractivity contribution in [1.82, 2.24) is 0 Å². The minimum Gasteiger partial charge on any atom is -0.332 e. The Morgan fingerprint density at radius 2 is 1.68 bits per heavy atom. The normalized spacial score (nSPS) is 11.0. The van der Waals surface area contributed by atoms with Gasteiger partial charge in [-0.15, -0.1) is 0 Å². The molecule has 0 heterocycles. The largest absolute Gasteiger partial charge is 0.332 e. The van der Waals surface area contributed by atoms with Crippen molar-refractivity contribution in [2.75, 3.05) is 10.6 Å². The molecule has 0 saturated carbocycles. The molecule has 0 amide bonds. The van der Waals surface area contributed by atoms with Crippen LogP contribution in [0.25, 0.3) is 0 Å². The fourth-order valence-electron chi connectivity index (χ4n) is 1.90. The predicted molar refractivity (Wildman–Crippen MR) is 93.6 cm³/mol. The van der Waals surface area contributed by atoms with Crippen molar-refractivity contribution in [3.63, 3.8) is 0 Å². The number of aryl methyl sites for hydroxylation is 1. The van der Waals surface area contributed by atoms with E-state index < -0.39 is 10.0 Å². The molecule has 2 rings (SSSR count). The first kappa shape index (κ1) is 16.4. The molecular weight excluding hydrogens is 318 g/mol. The second-order valence-electron chi connectivity index (χ2n) is 4.90. The topological polar surface area (TPSA) is 84.2 Å². The summed E-state index contributed by atoms with van der Waals surface area (Å²) in [6.45, 7) is 4.05. The maximum Gasteiger partial charge on any atom is 0.238 e. The third kappa shape index (κ3) is 4.03. The predicted octanol–water partition coefficient (Wildman–Crippen LogP) is 2.76. The van der Waals surface area contributed by atoms with Crippen LogP contribution in [0.2, 0.25) is 0 Å². The van der Waals surface area contributed by atoms with Gasteiger partial charge in [0.25, 0.3) is 0 Å². The summed E-state index contributed by atoms with van der Waals surface area (Å²) in [4.78, 5) is 0.0615. The standard InChI is InChI=1S/C15H17N3O2S2/c1-10-4-3-5-14(11(10)2)18-15(21)17-12-6-8-13(9-7-12)22(16,19)20/h3-9H,1-2H3,(H2,16,19,20)(H2,17,18,21). The van der Waals surface area contributed by atoms with Crippen LogP contribution in [0.1, 0.15) is 11.1 Å². The van der Waals surface area contributed by atoms with E-state index in [1.807, 2.05) is 32.0 Å². The lowest BCUT2D eigenvalue weighted by Gasteiger charge is -2.14. The molecule has 4 N–H and O–H groups in total. The Bertz CT molecular complexity index is 800. The van der Waals surface area contributed by atoms with Crippen LogP contribution in [0.3, 0.4) is 0 Å². The molecule has 0 fully saturated rings. The lowest BCUT2D eigenvalue weighted by molar-refractivity contribution is 0.598. The lowest BCUT2D eigenvalue weighted by Crippen LogP contribution is -2.20. The first-order valence-electron chi connectivity index (χ1n) is 6.54. The van der Waals surface area contributed by atoms with Gasteiger partial charge in [-0.1, -0.05) is 12.1 Å². The van der Waals surface area contributed by atoms with Gasteiger partial charge in [-0.05, 0) is 67.5 Å². The van der Waals surface area contributed by atoms with Gasteiger partial charge in [-0.25, -0.2) is 13.6 Å². The Labute approximate surface area is 135 Å². The molecule has 22 heavy (non-hydrogen) atoms. The number of nitrogens with two attached hydrogens (primary N) is 1. The summed E-state index contributed by atoms with van der Waals surface area (Å²) in [7, 11) is -3.68. The molecule has 0 radical (unpaired) electrons. The Kier molecular flexibility index (Phi) is 4.80. The van der Waals surface area contributed by atoms with Crippen LogP contribution in [0.15, 0.2) is 47.4 Å². The van der Waals surface area contributed by atoms with Crippen LogP contribution in [0, 0.1) is 13.8 Å². The highest BCUT2D eigenvalue weighted by molar-refractivity contribution is 7.89. The van der Waals surface area contributed by atoms with Gasteiger partial charge < -0.3 is 10.6 Å². The number of anilines is 2. The SMILES string of the molecule is Cc1cccc(NC(=S)Nc2ccc(S(N)(=O)=O)cc2)c1C. The van der Waals surface area contributed by atoms with E-state index in [0.29, 0.717) is 10.8 Å². The van der Waals surface area contributed by atoms with Crippen LogP contribution in [-0.4, -0.2) is 13.5 Å². The third-order valence-electron chi connectivity index (χ3n) is 3.29. The zero-order chi connectivity index (χ0) is 16.3. The van der Waals surface area contributed by atoms with E-state index in [0.717, 1.165) is 11.3 Å². The van der Waals surface area contributed by atoms with Crippen molar-refractivity contribution >= 4 is 38.7 Å². The van der Waals surface area contributed by atoms with Crippen molar-refractivity contribution in [3.8, 4) is 0 Å². The minimum atomic E-state index is -3.68. The number of thiocarbonyl (C=S) groups is 1. The Hall–Kier alpha value is -1.96. The maximum absolute atomic E-state index is 11.2. The highest BCUT2D eigenvalue weighted by Gasteiger charge is 2.07. The smallest absolute Gasteiger partial charge is 0.238 e. The van der Waals surface area contributed by atoms with E-state index in [9.17, 15) is 8.42 Å². The van der Waals surface area contributed by atoms with Gasteiger partial charge in [0.05, 0.1) is 4.90 Å².